The van der Waals surface area contributed by atoms with E-state index in [1.165, 1.54) is 0 Å². The van der Waals surface area contributed by atoms with Crippen LogP contribution in [0.15, 0.2) is 30.6 Å². The van der Waals surface area contributed by atoms with E-state index in [0.717, 1.165) is 17.6 Å². The summed E-state index contributed by atoms with van der Waals surface area (Å²) in [6.45, 7) is 5.83. The number of hydrogen-bond donors (Lipinski definition) is 1. The molecule has 0 saturated carbocycles. The van der Waals surface area contributed by atoms with E-state index in [-0.39, 0.29) is 17.7 Å². The number of pyridine rings is 1. The number of likely N-dealkylation sites (tertiary alicyclic amines) is 1. The number of carbonyl (C=O) groups is 2. The van der Waals surface area contributed by atoms with Crippen LogP contribution in [-0.4, -0.2) is 39.4 Å². The standard InChI is InChI=1S/C17H22N4O2/c1-12(2)10-20-11-13(7-16(20)22)17(23)18-8-14-9-19-21-6-4-3-5-15(14)21/h3-6,9,12-13H,7-8,10-11H2,1-2H3,(H,18,23). The van der Waals surface area contributed by atoms with Gasteiger partial charge in [-0.1, -0.05) is 19.9 Å². The van der Waals surface area contributed by atoms with Crippen LogP contribution in [0.25, 0.3) is 5.52 Å². The summed E-state index contributed by atoms with van der Waals surface area (Å²) >= 11 is 0. The van der Waals surface area contributed by atoms with Crippen molar-refractivity contribution in [2.45, 2.75) is 26.8 Å². The fourth-order valence-corrected chi connectivity index (χ4v) is 3.02. The minimum absolute atomic E-state index is 0.0557. The zero-order chi connectivity index (χ0) is 16.4. The normalized spacial score (nSPS) is 18.1. The van der Waals surface area contributed by atoms with Gasteiger partial charge in [0.15, 0.2) is 0 Å². The molecule has 2 aromatic rings. The Morgan fingerprint density at radius 1 is 1.43 bits per heavy atom. The Labute approximate surface area is 135 Å². The van der Waals surface area contributed by atoms with Crippen LogP contribution in [0.5, 0.6) is 0 Å². The molecule has 23 heavy (non-hydrogen) atoms. The number of hydrogen-bond acceptors (Lipinski definition) is 3. The lowest BCUT2D eigenvalue weighted by atomic mass is 10.1. The Morgan fingerprint density at radius 2 is 2.26 bits per heavy atom. The van der Waals surface area contributed by atoms with Crippen LogP contribution >= 0.6 is 0 Å². The number of nitrogens with one attached hydrogen (secondary N) is 1. The Kier molecular flexibility index (Phi) is 4.32. The maximum atomic E-state index is 12.3. The average molecular weight is 314 g/mol. The summed E-state index contributed by atoms with van der Waals surface area (Å²) in [6.07, 6.45) is 3.95. The fourth-order valence-electron chi connectivity index (χ4n) is 3.02. The van der Waals surface area contributed by atoms with Gasteiger partial charge < -0.3 is 10.2 Å². The molecule has 0 spiro atoms. The third-order valence-corrected chi connectivity index (χ3v) is 4.13. The Balaban J connectivity index is 1.59. The van der Waals surface area contributed by atoms with Crippen molar-refractivity contribution in [2.75, 3.05) is 13.1 Å². The summed E-state index contributed by atoms with van der Waals surface area (Å²) < 4.78 is 1.78. The van der Waals surface area contributed by atoms with E-state index in [0.29, 0.717) is 25.4 Å². The zero-order valence-electron chi connectivity index (χ0n) is 13.5. The van der Waals surface area contributed by atoms with Crippen molar-refractivity contribution in [1.82, 2.24) is 19.8 Å². The summed E-state index contributed by atoms with van der Waals surface area (Å²) in [5.41, 5.74) is 1.96. The molecule has 0 aliphatic carbocycles. The zero-order valence-corrected chi connectivity index (χ0v) is 13.5. The highest BCUT2D eigenvalue weighted by atomic mass is 16.2. The lowest BCUT2D eigenvalue weighted by Crippen LogP contribution is -2.33. The number of nitrogens with zero attached hydrogens (tertiary/aromatic N) is 3. The molecule has 1 atom stereocenters. The SMILES string of the molecule is CC(C)CN1CC(C(=O)NCc2cnn3ccccc23)CC1=O. The number of amides is 2. The first-order valence-corrected chi connectivity index (χ1v) is 8.01. The highest BCUT2D eigenvalue weighted by Gasteiger charge is 2.34. The van der Waals surface area contributed by atoms with E-state index < -0.39 is 0 Å². The lowest BCUT2D eigenvalue weighted by molar-refractivity contribution is -0.129. The highest BCUT2D eigenvalue weighted by molar-refractivity contribution is 5.89. The van der Waals surface area contributed by atoms with Gasteiger partial charge in [0.2, 0.25) is 11.8 Å². The Bertz CT molecular complexity index is 722. The van der Waals surface area contributed by atoms with Crippen molar-refractivity contribution in [1.29, 1.82) is 0 Å². The van der Waals surface area contributed by atoms with Crippen LogP contribution in [0, 0.1) is 11.8 Å². The van der Waals surface area contributed by atoms with Crippen LogP contribution < -0.4 is 5.32 Å². The van der Waals surface area contributed by atoms with Crippen LogP contribution in [0.4, 0.5) is 0 Å². The molecule has 1 saturated heterocycles. The summed E-state index contributed by atoms with van der Waals surface area (Å²) in [4.78, 5) is 26.1. The van der Waals surface area contributed by atoms with Crippen LogP contribution in [0.2, 0.25) is 0 Å². The molecule has 3 rings (SSSR count). The van der Waals surface area contributed by atoms with Gasteiger partial charge in [0.1, 0.15) is 0 Å². The molecule has 1 unspecified atom stereocenters. The molecule has 0 bridgehead atoms. The summed E-state index contributed by atoms with van der Waals surface area (Å²) in [5.74, 6) is 0.192. The second-order valence-corrected chi connectivity index (χ2v) is 6.51. The monoisotopic (exact) mass is 314 g/mol. The fraction of sp³-hybridized carbons (Fsp3) is 0.471. The summed E-state index contributed by atoms with van der Waals surface area (Å²) in [6, 6.07) is 5.83. The molecule has 6 nitrogen and oxygen atoms in total. The van der Waals surface area contributed by atoms with Gasteiger partial charge >= 0.3 is 0 Å². The maximum absolute atomic E-state index is 12.3. The third kappa shape index (κ3) is 3.36. The smallest absolute Gasteiger partial charge is 0.225 e. The predicted molar refractivity (Wildman–Crippen MR) is 86.6 cm³/mol. The van der Waals surface area contributed by atoms with Gasteiger partial charge in [-0.3, -0.25) is 9.59 Å². The van der Waals surface area contributed by atoms with Gasteiger partial charge in [0.25, 0.3) is 0 Å². The van der Waals surface area contributed by atoms with Gasteiger partial charge in [-0.05, 0) is 18.1 Å². The van der Waals surface area contributed by atoms with Crippen molar-refractivity contribution in [3.63, 3.8) is 0 Å². The minimum Gasteiger partial charge on any atom is -0.352 e. The van der Waals surface area contributed by atoms with E-state index in [1.807, 2.05) is 24.4 Å². The first kappa shape index (κ1) is 15.5. The molecule has 3 heterocycles. The van der Waals surface area contributed by atoms with Gasteiger partial charge in [-0.25, -0.2) is 4.52 Å². The van der Waals surface area contributed by atoms with E-state index in [9.17, 15) is 9.59 Å². The molecule has 2 aromatic heterocycles. The molecule has 1 aliphatic heterocycles. The number of fused-ring (bicyclic) bond motifs is 1. The molecular formula is C17H22N4O2. The number of carbonyl (C=O) groups excluding carboxylic acids is 2. The molecule has 2 amide bonds. The quantitative estimate of drug-likeness (QED) is 0.908. The van der Waals surface area contributed by atoms with Crippen molar-refractivity contribution < 1.29 is 9.59 Å². The topological polar surface area (TPSA) is 66.7 Å². The predicted octanol–water partition coefficient (Wildman–Crippen LogP) is 1.45. The van der Waals surface area contributed by atoms with Crippen molar-refractivity contribution >= 4 is 17.3 Å². The summed E-state index contributed by atoms with van der Waals surface area (Å²) in [5, 5.41) is 7.20. The molecule has 122 valence electrons. The van der Waals surface area contributed by atoms with Crippen LogP contribution in [-0.2, 0) is 16.1 Å². The van der Waals surface area contributed by atoms with Gasteiger partial charge in [-0.15, -0.1) is 0 Å². The van der Waals surface area contributed by atoms with Crippen molar-refractivity contribution in [2.24, 2.45) is 11.8 Å². The van der Waals surface area contributed by atoms with Crippen molar-refractivity contribution in [3.05, 3.63) is 36.2 Å². The highest BCUT2D eigenvalue weighted by Crippen LogP contribution is 2.19. The first-order valence-electron chi connectivity index (χ1n) is 8.01. The molecule has 0 radical (unpaired) electrons. The third-order valence-electron chi connectivity index (χ3n) is 4.13. The molecule has 0 aromatic carbocycles. The van der Waals surface area contributed by atoms with Crippen LogP contribution in [0.3, 0.4) is 0 Å². The van der Waals surface area contributed by atoms with E-state index in [2.05, 4.69) is 24.3 Å². The molecule has 6 heteroatoms. The van der Waals surface area contributed by atoms with Gasteiger partial charge in [0.05, 0.1) is 17.6 Å². The maximum Gasteiger partial charge on any atom is 0.225 e. The number of rotatable bonds is 5. The second kappa shape index (κ2) is 6.40. The number of aromatic nitrogens is 2. The molecule has 1 N–H and O–H groups in total. The Morgan fingerprint density at radius 3 is 3.04 bits per heavy atom. The first-order chi connectivity index (χ1) is 11.0. The van der Waals surface area contributed by atoms with E-state index >= 15 is 0 Å². The van der Waals surface area contributed by atoms with Gasteiger partial charge in [-0.2, -0.15) is 5.10 Å². The van der Waals surface area contributed by atoms with Crippen molar-refractivity contribution in [3.8, 4) is 0 Å². The Hall–Kier alpha value is -2.37. The van der Waals surface area contributed by atoms with E-state index in [1.54, 1.807) is 15.6 Å². The van der Waals surface area contributed by atoms with Gasteiger partial charge in [0, 0.05) is 37.8 Å². The largest absolute Gasteiger partial charge is 0.352 e. The van der Waals surface area contributed by atoms with Crippen LogP contribution in [0.1, 0.15) is 25.8 Å². The second-order valence-electron chi connectivity index (χ2n) is 6.51. The average Bonchev–Trinajstić information content (AvgIpc) is 3.09. The van der Waals surface area contributed by atoms with E-state index in [4.69, 9.17) is 0 Å². The minimum atomic E-state index is -0.247. The lowest BCUT2D eigenvalue weighted by Gasteiger charge is -2.18. The summed E-state index contributed by atoms with van der Waals surface area (Å²) in [7, 11) is 0. The molecular weight excluding hydrogens is 292 g/mol. The molecule has 1 fully saturated rings. The molecule has 1 aliphatic rings.